The van der Waals surface area contributed by atoms with Gasteiger partial charge in [-0.15, -0.1) is 12.4 Å². The third-order valence-electron chi connectivity index (χ3n) is 1.54. The topological polar surface area (TPSA) is 63.3 Å². The van der Waals surface area contributed by atoms with Crippen molar-refractivity contribution in [2.24, 2.45) is 11.7 Å². The molecule has 0 aliphatic rings. The zero-order valence-corrected chi connectivity index (χ0v) is 7.02. The summed E-state index contributed by atoms with van der Waals surface area (Å²) in [6.07, 6.45) is 0.813. The Hall–Kier alpha value is -0.280. The third kappa shape index (κ3) is 3.69. The van der Waals surface area contributed by atoms with Crippen LogP contribution in [0.15, 0.2) is 0 Å². The summed E-state index contributed by atoms with van der Waals surface area (Å²) in [7, 11) is 0. The number of aliphatic carboxylic acids is 1. The summed E-state index contributed by atoms with van der Waals surface area (Å²) in [6, 6.07) is -0.699. The van der Waals surface area contributed by atoms with Gasteiger partial charge in [0.1, 0.15) is 6.04 Å². The molecule has 0 bridgehead atoms. The van der Waals surface area contributed by atoms with E-state index in [9.17, 15) is 4.79 Å². The zero-order valence-electron chi connectivity index (χ0n) is 6.20. The van der Waals surface area contributed by atoms with Crippen LogP contribution in [0.1, 0.15) is 20.3 Å². The molecule has 0 radical (unpaired) electrons. The number of nitrogens with two attached hydrogens (primary N) is 1. The first-order chi connectivity index (χ1) is 4.09. The summed E-state index contributed by atoms with van der Waals surface area (Å²) in [5.41, 5.74) is 5.27. The molecule has 0 heterocycles. The molecular weight excluding hydrogens is 154 g/mol. The van der Waals surface area contributed by atoms with Crippen molar-refractivity contribution in [1.29, 1.82) is 0 Å². The Bertz CT molecular complexity index is 108. The van der Waals surface area contributed by atoms with E-state index >= 15 is 0 Å². The molecule has 0 aromatic rings. The van der Waals surface area contributed by atoms with E-state index in [0.29, 0.717) is 0 Å². The second kappa shape index (κ2) is 5.50. The van der Waals surface area contributed by atoms with Gasteiger partial charge in [-0.2, -0.15) is 0 Å². The molecule has 0 aromatic carbocycles. The highest BCUT2D eigenvalue weighted by Crippen LogP contribution is 2.04. The van der Waals surface area contributed by atoms with Gasteiger partial charge in [-0.3, -0.25) is 4.79 Å². The van der Waals surface area contributed by atoms with Crippen LogP contribution in [0.3, 0.4) is 0 Å². The van der Waals surface area contributed by atoms with Gasteiger partial charge in [-0.05, 0) is 5.92 Å². The fraction of sp³-hybridized carbons (Fsp3) is 0.833. The highest BCUT2D eigenvalue weighted by atomic mass is 35.5. The van der Waals surface area contributed by atoms with Crippen molar-refractivity contribution < 1.29 is 9.90 Å². The molecule has 3 N–H and O–H groups in total. The minimum atomic E-state index is -0.913. The molecule has 0 spiro atoms. The summed E-state index contributed by atoms with van der Waals surface area (Å²) in [6.45, 7) is 3.76. The van der Waals surface area contributed by atoms with E-state index in [-0.39, 0.29) is 18.3 Å². The first-order valence-electron chi connectivity index (χ1n) is 3.08. The molecule has 0 saturated carbocycles. The lowest BCUT2D eigenvalue weighted by molar-refractivity contribution is -0.139. The Labute approximate surface area is 67.0 Å². The molecule has 0 aliphatic carbocycles. The van der Waals surface area contributed by atoms with Crippen molar-refractivity contribution in [3.8, 4) is 0 Å². The highest BCUT2D eigenvalue weighted by molar-refractivity contribution is 5.85. The predicted molar refractivity (Wildman–Crippen MR) is 42.3 cm³/mol. The Morgan fingerprint density at radius 2 is 2.10 bits per heavy atom. The van der Waals surface area contributed by atoms with E-state index in [2.05, 4.69) is 0 Å². The molecule has 10 heavy (non-hydrogen) atoms. The lowest BCUT2D eigenvalue weighted by Gasteiger charge is -2.11. The van der Waals surface area contributed by atoms with Crippen LogP contribution in [0.5, 0.6) is 0 Å². The number of hydrogen-bond donors (Lipinski definition) is 2. The Morgan fingerprint density at radius 1 is 1.70 bits per heavy atom. The number of halogens is 1. The molecule has 4 heteroatoms. The predicted octanol–water partition coefficient (Wildman–Crippen LogP) is 0.866. The molecule has 2 atom stereocenters. The van der Waals surface area contributed by atoms with Crippen molar-refractivity contribution >= 4 is 18.4 Å². The van der Waals surface area contributed by atoms with Gasteiger partial charge in [0.15, 0.2) is 0 Å². The average Bonchev–Trinajstić information content (AvgIpc) is 1.84. The third-order valence-corrected chi connectivity index (χ3v) is 1.54. The first-order valence-corrected chi connectivity index (χ1v) is 3.08. The zero-order chi connectivity index (χ0) is 7.44. The first kappa shape index (κ1) is 12.4. The Morgan fingerprint density at radius 3 is 2.20 bits per heavy atom. The second-order valence-corrected chi connectivity index (χ2v) is 2.25. The van der Waals surface area contributed by atoms with Crippen LogP contribution >= 0.6 is 12.4 Å². The molecule has 0 saturated heterocycles. The van der Waals surface area contributed by atoms with Gasteiger partial charge in [-0.25, -0.2) is 0 Å². The van der Waals surface area contributed by atoms with E-state index in [1.807, 2.05) is 13.8 Å². The molecule has 0 aliphatic heterocycles. The molecule has 62 valence electrons. The lowest BCUT2D eigenvalue weighted by atomic mass is 10.0. The largest absolute Gasteiger partial charge is 0.480 e. The Kier molecular flexibility index (Phi) is 6.82. The lowest BCUT2D eigenvalue weighted by Crippen LogP contribution is -2.36. The maximum Gasteiger partial charge on any atom is 0.320 e. The van der Waals surface area contributed by atoms with Crippen LogP contribution in [0.4, 0.5) is 0 Å². The van der Waals surface area contributed by atoms with E-state index in [1.165, 1.54) is 0 Å². The summed E-state index contributed by atoms with van der Waals surface area (Å²) < 4.78 is 0. The summed E-state index contributed by atoms with van der Waals surface area (Å²) >= 11 is 0. The SMILES string of the molecule is CCC(C)[C@@H](N)C(=O)O.Cl. The average molecular weight is 168 g/mol. The summed E-state index contributed by atoms with van der Waals surface area (Å²) in [5, 5.41) is 8.36. The highest BCUT2D eigenvalue weighted by Gasteiger charge is 2.17. The molecule has 1 unspecified atom stereocenters. The van der Waals surface area contributed by atoms with Crippen LogP contribution in [-0.4, -0.2) is 17.1 Å². The molecule has 0 fully saturated rings. The van der Waals surface area contributed by atoms with E-state index in [4.69, 9.17) is 10.8 Å². The van der Waals surface area contributed by atoms with Crippen molar-refractivity contribution in [1.82, 2.24) is 0 Å². The number of carbonyl (C=O) groups is 1. The van der Waals surface area contributed by atoms with E-state index in [0.717, 1.165) is 6.42 Å². The van der Waals surface area contributed by atoms with Gasteiger partial charge < -0.3 is 10.8 Å². The number of rotatable bonds is 3. The Balaban J connectivity index is 0. The van der Waals surface area contributed by atoms with Crippen molar-refractivity contribution in [3.05, 3.63) is 0 Å². The van der Waals surface area contributed by atoms with Gasteiger partial charge in [0.2, 0.25) is 0 Å². The van der Waals surface area contributed by atoms with E-state index in [1.54, 1.807) is 0 Å². The van der Waals surface area contributed by atoms with Crippen molar-refractivity contribution in [3.63, 3.8) is 0 Å². The van der Waals surface area contributed by atoms with Crippen LogP contribution in [0.25, 0.3) is 0 Å². The van der Waals surface area contributed by atoms with E-state index < -0.39 is 12.0 Å². The number of hydrogen-bond acceptors (Lipinski definition) is 2. The normalized spacial score (nSPS) is 15.1. The molecular formula is C6H14ClNO2. The molecule has 0 amide bonds. The fourth-order valence-corrected chi connectivity index (χ4v) is 0.497. The van der Waals surface area contributed by atoms with Crippen LogP contribution in [0, 0.1) is 5.92 Å². The second-order valence-electron chi connectivity index (χ2n) is 2.25. The minimum absolute atomic E-state index is 0. The number of carboxylic acids is 1. The van der Waals surface area contributed by atoms with Gasteiger partial charge in [-0.1, -0.05) is 20.3 Å². The van der Waals surface area contributed by atoms with Gasteiger partial charge in [0.25, 0.3) is 0 Å². The van der Waals surface area contributed by atoms with Gasteiger partial charge in [0.05, 0.1) is 0 Å². The van der Waals surface area contributed by atoms with Gasteiger partial charge >= 0.3 is 5.97 Å². The van der Waals surface area contributed by atoms with Gasteiger partial charge in [0, 0.05) is 0 Å². The van der Waals surface area contributed by atoms with Crippen molar-refractivity contribution in [2.45, 2.75) is 26.3 Å². The van der Waals surface area contributed by atoms with Crippen LogP contribution < -0.4 is 5.73 Å². The van der Waals surface area contributed by atoms with Crippen LogP contribution in [-0.2, 0) is 4.79 Å². The maximum atomic E-state index is 10.2. The summed E-state index contributed by atoms with van der Waals surface area (Å²) in [5.74, 6) is -0.841. The fourth-order valence-electron chi connectivity index (χ4n) is 0.497. The molecule has 0 rings (SSSR count). The maximum absolute atomic E-state index is 10.2. The summed E-state index contributed by atoms with van der Waals surface area (Å²) in [4.78, 5) is 10.2. The molecule has 0 aromatic heterocycles. The number of carboxylic acid groups (broad SMARTS) is 1. The van der Waals surface area contributed by atoms with Crippen LogP contribution in [0.2, 0.25) is 0 Å². The monoisotopic (exact) mass is 167 g/mol. The smallest absolute Gasteiger partial charge is 0.320 e. The van der Waals surface area contributed by atoms with Crippen molar-refractivity contribution in [2.75, 3.05) is 0 Å². The minimum Gasteiger partial charge on any atom is -0.480 e. The quantitative estimate of drug-likeness (QED) is 0.656. The molecule has 3 nitrogen and oxygen atoms in total. The standard InChI is InChI=1S/C6H13NO2.ClH/c1-3-4(2)5(7)6(8)9;/h4-5H,3,7H2,1-2H3,(H,8,9);1H/t4?,5-;/m1./s1.